The molecule has 0 heterocycles. The quantitative estimate of drug-likeness (QED) is 0.581. The second-order valence-corrected chi connectivity index (χ2v) is 4.11. The van der Waals surface area contributed by atoms with Crippen molar-refractivity contribution in [2.45, 2.75) is 32.9 Å². The maximum absolute atomic E-state index is 11.6. The highest BCUT2D eigenvalue weighted by atomic mass is 16.7. The van der Waals surface area contributed by atoms with Gasteiger partial charge in [-0.05, 0) is 32.9 Å². The van der Waals surface area contributed by atoms with Crippen LogP contribution in [0.5, 0.6) is 5.75 Å². The summed E-state index contributed by atoms with van der Waals surface area (Å²) in [7, 11) is 1.71. The first-order valence-corrected chi connectivity index (χ1v) is 5.67. The van der Waals surface area contributed by atoms with Crippen LogP contribution < -0.4 is 4.84 Å². The third-order valence-electron chi connectivity index (χ3n) is 2.23. The number of para-hydroxylation sites is 1. The first-order valence-electron chi connectivity index (χ1n) is 5.67. The van der Waals surface area contributed by atoms with Crippen molar-refractivity contribution < 1.29 is 14.4 Å². The molecule has 0 saturated heterocycles. The number of hydrogen-bond acceptors (Lipinski definition) is 4. The van der Waals surface area contributed by atoms with Gasteiger partial charge in [-0.25, -0.2) is 0 Å². The van der Waals surface area contributed by atoms with Crippen LogP contribution in [-0.2, 0) is 9.53 Å². The highest BCUT2D eigenvalue weighted by Crippen LogP contribution is 2.11. The Labute approximate surface area is 102 Å². The minimum atomic E-state index is -0.447. The van der Waals surface area contributed by atoms with Crippen LogP contribution in [0.25, 0.3) is 0 Å². The zero-order valence-electron chi connectivity index (χ0n) is 10.7. The van der Waals surface area contributed by atoms with Gasteiger partial charge in [0.2, 0.25) is 0 Å². The molecular formula is C13H19NO3. The fourth-order valence-corrected chi connectivity index (χ4v) is 1.21. The van der Waals surface area contributed by atoms with Crippen molar-refractivity contribution >= 4 is 5.97 Å². The number of carbonyl (C=O) groups is 1. The Kier molecular flexibility index (Phi) is 4.97. The molecule has 1 aromatic carbocycles. The Bertz CT molecular complexity index is 351. The summed E-state index contributed by atoms with van der Waals surface area (Å²) in [6, 6.07) is 8.87. The number of ether oxygens (including phenoxy) is 1. The summed E-state index contributed by atoms with van der Waals surface area (Å²) in [5.41, 5.74) is 0. The molecule has 1 rings (SSSR count). The van der Waals surface area contributed by atoms with Crippen LogP contribution in [0.3, 0.4) is 0 Å². The minimum Gasteiger partial charge on any atom is -0.462 e. The predicted molar refractivity (Wildman–Crippen MR) is 65.5 cm³/mol. The van der Waals surface area contributed by atoms with Crippen molar-refractivity contribution in [3.8, 4) is 5.75 Å². The third kappa shape index (κ3) is 4.44. The molecule has 0 spiro atoms. The Hall–Kier alpha value is -1.55. The summed E-state index contributed by atoms with van der Waals surface area (Å²) >= 11 is 0. The number of hydrogen-bond donors (Lipinski definition) is 0. The number of rotatable bonds is 5. The van der Waals surface area contributed by atoms with Gasteiger partial charge in [0, 0.05) is 7.05 Å². The molecule has 0 bridgehead atoms. The Morgan fingerprint density at radius 2 is 1.76 bits per heavy atom. The summed E-state index contributed by atoms with van der Waals surface area (Å²) < 4.78 is 5.11. The summed E-state index contributed by atoms with van der Waals surface area (Å²) in [6.45, 7) is 5.39. The molecular weight excluding hydrogens is 218 g/mol. The molecule has 0 aliphatic heterocycles. The topological polar surface area (TPSA) is 38.8 Å². The van der Waals surface area contributed by atoms with Crippen LogP contribution in [0.4, 0.5) is 0 Å². The number of nitrogens with zero attached hydrogens (tertiary/aromatic N) is 1. The lowest BCUT2D eigenvalue weighted by molar-refractivity contribution is -0.164. The van der Waals surface area contributed by atoms with Gasteiger partial charge in [0.15, 0.2) is 0 Å². The molecule has 0 radical (unpaired) electrons. The van der Waals surface area contributed by atoms with Gasteiger partial charge < -0.3 is 9.57 Å². The highest BCUT2D eigenvalue weighted by molar-refractivity contribution is 5.75. The van der Waals surface area contributed by atoms with Crippen LogP contribution in [-0.4, -0.2) is 30.2 Å². The molecule has 94 valence electrons. The smallest absolute Gasteiger partial charge is 0.326 e. The fourth-order valence-electron chi connectivity index (χ4n) is 1.21. The monoisotopic (exact) mass is 237 g/mol. The van der Waals surface area contributed by atoms with Crippen LogP contribution in [0.1, 0.15) is 20.8 Å². The maximum Gasteiger partial charge on any atom is 0.326 e. The van der Waals surface area contributed by atoms with Gasteiger partial charge in [-0.3, -0.25) is 4.79 Å². The molecule has 0 aromatic heterocycles. The van der Waals surface area contributed by atoms with Gasteiger partial charge >= 0.3 is 5.97 Å². The summed E-state index contributed by atoms with van der Waals surface area (Å²) in [6.07, 6.45) is -0.116. The van der Waals surface area contributed by atoms with E-state index in [1.54, 1.807) is 14.0 Å². The second kappa shape index (κ2) is 6.25. The average Bonchev–Trinajstić information content (AvgIpc) is 2.28. The Morgan fingerprint density at radius 1 is 1.18 bits per heavy atom. The van der Waals surface area contributed by atoms with E-state index in [2.05, 4.69) is 0 Å². The molecule has 4 nitrogen and oxygen atoms in total. The van der Waals surface area contributed by atoms with Crippen molar-refractivity contribution in [2.24, 2.45) is 0 Å². The minimum absolute atomic E-state index is 0.116. The normalized spacial score (nSPS) is 12.6. The molecule has 1 atom stereocenters. The first-order chi connectivity index (χ1) is 8.00. The van der Waals surface area contributed by atoms with Crippen LogP contribution in [0.15, 0.2) is 30.3 Å². The van der Waals surface area contributed by atoms with Crippen LogP contribution in [0.2, 0.25) is 0 Å². The standard InChI is InChI=1S/C13H19NO3/c1-10(2)16-13(15)11(3)14(4)17-12-8-6-5-7-9-12/h5-11H,1-4H3/t11-/m0/s1. The van der Waals surface area contributed by atoms with E-state index in [0.29, 0.717) is 5.75 Å². The molecule has 17 heavy (non-hydrogen) atoms. The lowest BCUT2D eigenvalue weighted by Crippen LogP contribution is -2.40. The van der Waals surface area contributed by atoms with E-state index in [1.807, 2.05) is 44.2 Å². The largest absolute Gasteiger partial charge is 0.462 e. The van der Waals surface area contributed by atoms with E-state index in [1.165, 1.54) is 5.06 Å². The van der Waals surface area contributed by atoms with Crippen molar-refractivity contribution in [2.75, 3.05) is 7.05 Å². The highest BCUT2D eigenvalue weighted by Gasteiger charge is 2.22. The van der Waals surface area contributed by atoms with Gasteiger partial charge in [0.1, 0.15) is 11.8 Å². The van der Waals surface area contributed by atoms with E-state index in [0.717, 1.165) is 0 Å². The van der Waals surface area contributed by atoms with E-state index >= 15 is 0 Å². The van der Waals surface area contributed by atoms with Gasteiger partial charge in [-0.2, -0.15) is 0 Å². The average molecular weight is 237 g/mol. The molecule has 0 aliphatic carbocycles. The Balaban J connectivity index is 2.52. The lowest BCUT2D eigenvalue weighted by atomic mass is 10.3. The predicted octanol–water partition coefficient (Wildman–Crippen LogP) is 2.25. The van der Waals surface area contributed by atoms with E-state index in [-0.39, 0.29) is 12.1 Å². The van der Waals surface area contributed by atoms with Gasteiger partial charge in [-0.15, -0.1) is 5.06 Å². The molecule has 0 N–H and O–H groups in total. The Morgan fingerprint density at radius 3 is 2.29 bits per heavy atom. The van der Waals surface area contributed by atoms with E-state index in [9.17, 15) is 4.79 Å². The van der Waals surface area contributed by atoms with Crippen LogP contribution in [0, 0.1) is 0 Å². The SMILES string of the molecule is CC(C)OC(=O)[C@H](C)N(C)Oc1ccccc1. The first kappa shape index (κ1) is 13.5. The third-order valence-corrected chi connectivity index (χ3v) is 2.23. The molecule has 0 unspecified atom stereocenters. The summed E-state index contributed by atoms with van der Waals surface area (Å²) in [5.74, 6) is 0.401. The number of likely N-dealkylation sites (N-methyl/N-ethyl adjacent to an activating group) is 1. The van der Waals surface area contributed by atoms with E-state index < -0.39 is 6.04 Å². The molecule has 0 saturated carbocycles. The van der Waals surface area contributed by atoms with Crippen molar-refractivity contribution in [1.29, 1.82) is 0 Å². The van der Waals surface area contributed by atoms with Gasteiger partial charge in [-0.1, -0.05) is 18.2 Å². The molecule has 1 aromatic rings. The summed E-state index contributed by atoms with van der Waals surface area (Å²) in [4.78, 5) is 17.2. The maximum atomic E-state index is 11.6. The molecule has 0 amide bonds. The van der Waals surface area contributed by atoms with E-state index in [4.69, 9.17) is 9.57 Å². The lowest BCUT2D eigenvalue weighted by Gasteiger charge is -2.23. The van der Waals surface area contributed by atoms with Gasteiger partial charge in [0.05, 0.1) is 6.10 Å². The zero-order chi connectivity index (χ0) is 12.8. The number of benzene rings is 1. The molecule has 0 fully saturated rings. The number of carbonyl (C=O) groups excluding carboxylic acids is 1. The van der Waals surface area contributed by atoms with Gasteiger partial charge in [0.25, 0.3) is 0 Å². The van der Waals surface area contributed by atoms with Crippen molar-refractivity contribution in [3.63, 3.8) is 0 Å². The fraction of sp³-hybridized carbons (Fsp3) is 0.462. The van der Waals surface area contributed by atoms with Crippen LogP contribution >= 0.6 is 0 Å². The second-order valence-electron chi connectivity index (χ2n) is 4.11. The van der Waals surface area contributed by atoms with Crippen molar-refractivity contribution in [3.05, 3.63) is 30.3 Å². The molecule has 0 aliphatic rings. The van der Waals surface area contributed by atoms with Crippen molar-refractivity contribution in [1.82, 2.24) is 5.06 Å². The number of hydroxylamine groups is 2. The zero-order valence-corrected chi connectivity index (χ0v) is 10.7. The number of esters is 1. The summed E-state index contributed by atoms with van der Waals surface area (Å²) in [5, 5.41) is 1.49. The molecule has 4 heteroatoms.